The number of rotatable bonds is 4. The molecule has 2 atom stereocenters. The lowest BCUT2D eigenvalue weighted by atomic mass is 9.83. The maximum Gasteiger partial charge on any atom is 0.416 e. The van der Waals surface area contributed by atoms with E-state index in [2.05, 4.69) is 4.90 Å². The van der Waals surface area contributed by atoms with E-state index in [1.54, 1.807) is 4.90 Å². The molecule has 0 aromatic heterocycles. The van der Waals surface area contributed by atoms with Crippen LogP contribution in [0, 0.1) is 5.82 Å². The van der Waals surface area contributed by atoms with Crippen LogP contribution in [0.1, 0.15) is 59.2 Å². The highest BCUT2D eigenvalue weighted by Crippen LogP contribution is 2.38. The maximum absolute atomic E-state index is 14.0. The third-order valence-electron chi connectivity index (χ3n) is 8.06. The highest BCUT2D eigenvalue weighted by molar-refractivity contribution is 6.30. The number of halogens is 9. The number of hydrogen-bond acceptors (Lipinski definition) is 3. The zero-order valence-electron chi connectivity index (χ0n) is 22.7. The number of alkyl halides is 6. The van der Waals surface area contributed by atoms with Crippen LogP contribution < -0.4 is 0 Å². The molecule has 2 fully saturated rings. The standard InChI is InChI=1S/C28H29ClF7N3O2.ClH/c1-16(40)38-8-5-21(6-9-38)39-10-7-25(22(15-39)17-3-4-24(30)23(29)13-17)37(2)26(41)18-11-19(27(31,32)33)14-20(12-18)28(34,35)36;/h3-4,11-14,21-22,25H,5-10,15H2,1-2H3;1H. The monoisotopic (exact) mass is 643 g/mol. The Morgan fingerprint density at radius 2 is 1.48 bits per heavy atom. The molecule has 4 rings (SSSR count). The number of piperidine rings is 2. The van der Waals surface area contributed by atoms with Crippen LogP contribution in [0.3, 0.4) is 0 Å². The second-order valence-corrected chi connectivity index (χ2v) is 11.0. The molecule has 14 heteroatoms. The number of amides is 2. The van der Waals surface area contributed by atoms with E-state index in [1.807, 2.05) is 0 Å². The van der Waals surface area contributed by atoms with Crippen molar-refractivity contribution in [3.8, 4) is 0 Å². The van der Waals surface area contributed by atoms with Gasteiger partial charge in [0.15, 0.2) is 0 Å². The molecule has 5 nitrogen and oxygen atoms in total. The lowest BCUT2D eigenvalue weighted by Gasteiger charge is -2.47. The fraction of sp³-hybridized carbons (Fsp3) is 0.500. The van der Waals surface area contributed by atoms with Crippen LogP contribution in [-0.4, -0.2) is 71.8 Å². The Labute approximate surface area is 250 Å². The van der Waals surface area contributed by atoms with Crippen molar-refractivity contribution in [1.82, 2.24) is 14.7 Å². The molecule has 2 amide bonds. The summed E-state index contributed by atoms with van der Waals surface area (Å²) in [5, 5.41) is -0.144. The van der Waals surface area contributed by atoms with Gasteiger partial charge in [0, 0.05) is 63.7 Å². The summed E-state index contributed by atoms with van der Waals surface area (Å²) in [7, 11) is 1.35. The molecule has 2 aromatic carbocycles. The third-order valence-corrected chi connectivity index (χ3v) is 8.35. The SMILES string of the molecule is CC(=O)N1CCC(N2CCC(N(C)C(=O)c3cc(C(F)(F)F)cc(C(F)(F)F)c3)C(c3ccc(F)c(Cl)c3)C2)CC1.Cl. The Bertz CT molecular complexity index is 1260. The quantitative estimate of drug-likeness (QED) is 0.341. The van der Waals surface area contributed by atoms with Gasteiger partial charge in [0.25, 0.3) is 5.91 Å². The first kappa shape index (κ1) is 33.9. The van der Waals surface area contributed by atoms with Gasteiger partial charge in [0.05, 0.1) is 16.1 Å². The fourth-order valence-electron chi connectivity index (χ4n) is 5.81. The van der Waals surface area contributed by atoms with Gasteiger partial charge in [-0.05, 0) is 55.2 Å². The van der Waals surface area contributed by atoms with Crippen molar-refractivity contribution in [2.75, 3.05) is 33.2 Å². The van der Waals surface area contributed by atoms with Crippen molar-refractivity contribution >= 4 is 35.8 Å². The summed E-state index contributed by atoms with van der Waals surface area (Å²) in [6.07, 6.45) is -8.38. The number of hydrogen-bond donors (Lipinski definition) is 0. The molecular formula is C28H30Cl2F7N3O2. The molecule has 0 spiro atoms. The Kier molecular flexibility index (Phi) is 10.5. The molecule has 2 heterocycles. The second-order valence-electron chi connectivity index (χ2n) is 10.6. The van der Waals surface area contributed by atoms with Gasteiger partial charge in [-0.1, -0.05) is 17.7 Å². The number of likely N-dealkylation sites (N-methyl/N-ethyl adjacent to an activating group) is 1. The largest absolute Gasteiger partial charge is 0.416 e. The Hall–Kier alpha value is -2.57. The number of carbonyl (C=O) groups excluding carboxylic acids is 2. The summed E-state index contributed by atoms with van der Waals surface area (Å²) >= 11 is 6.05. The van der Waals surface area contributed by atoms with E-state index in [-0.39, 0.29) is 35.4 Å². The average molecular weight is 644 g/mol. The lowest BCUT2D eigenvalue weighted by molar-refractivity contribution is -0.143. The predicted molar refractivity (Wildman–Crippen MR) is 145 cm³/mol. The van der Waals surface area contributed by atoms with E-state index in [1.165, 1.54) is 37.1 Å². The molecule has 0 N–H and O–H groups in total. The molecule has 0 aliphatic carbocycles. The van der Waals surface area contributed by atoms with Crippen LogP contribution in [-0.2, 0) is 17.1 Å². The van der Waals surface area contributed by atoms with Crippen molar-refractivity contribution in [2.45, 2.75) is 56.5 Å². The summed E-state index contributed by atoms with van der Waals surface area (Å²) in [5.74, 6) is -2.11. The Morgan fingerprint density at radius 3 is 1.98 bits per heavy atom. The first-order valence-electron chi connectivity index (χ1n) is 13.1. The number of nitrogens with zero attached hydrogens (tertiary/aromatic N) is 3. The zero-order valence-corrected chi connectivity index (χ0v) is 24.3. The fourth-order valence-corrected chi connectivity index (χ4v) is 6.00. The van der Waals surface area contributed by atoms with Gasteiger partial charge in [0.2, 0.25) is 5.91 Å². The molecule has 42 heavy (non-hydrogen) atoms. The molecule has 0 saturated carbocycles. The zero-order chi connectivity index (χ0) is 30.3. The molecule has 2 aliphatic heterocycles. The normalized spacial score (nSPS) is 20.7. The van der Waals surface area contributed by atoms with Crippen molar-refractivity contribution in [3.05, 3.63) is 69.5 Å². The Balaban J connectivity index is 0.00000484. The third kappa shape index (κ3) is 7.49. The summed E-state index contributed by atoms with van der Waals surface area (Å²) < 4.78 is 94.6. The molecule has 2 aromatic rings. The summed E-state index contributed by atoms with van der Waals surface area (Å²) in [6.45, 7) is 3.58. The molecule has 2 saturated heterocycles. The topological polar surface area (TPSA) is 43.9 Å². The van der Waals surface area contributed by atoms with Crippen LogP contribution in [0.2, 0.25) is 5.02 Å². The van der Waals surface area contributed by atoms with E-state index < -0.39 is 52.7 Å². The summed E-state index contributed by atoms with van der Waals surface area (Å²) in [5.41, 5.74) is -3.29. The minimum atomic E-state index is -5.09. The molecule has 232 valence electrons. The first-order valence-corrected chi connectivity index (χ1v) is 13.4. The van der Waals surface area contributed by atoms with Crippen LogP contribution in [0.15, 0.2) is 36.4 Å². The predicted octanol–water partition coefficient (Wildman–Crippen LogP) is 6.88. The van der Waals surface area contributed by atoms with E-state index in [0.29, 0.717) is 50.3 Å². The molecule has 0 radical (unpaired) electrons. The molecule has 2 unspecified atom stereocenters. The first-order chi connectivity index (χ1) is 19.1. The van der Waals surface area contributed by atoms with Crippen LogP contribution in [0.25, 0.3) is 0 Å². The van der Waals surface area contributed by atoms with Gasteiger partial charge in [-0.15, -0.1) is 12.4 Å². The maximum atomic E-state index is 14.0. The smallest absolute Gasteiger partial charge is 0.343 e. The van der Waals surface area contributed by atoms with Gasteiger partial charge >= 0.3 is 12.4 Å². The van der Waals surface area contributed by atoms with Crippen molar-refractivity contribution < 1.29 is 40.3 Å². The van der Waals surface area contributed by atoms with Crippen LogP contribution in [0.5, 0.6) is 0 Å². The van der Waals surface area contributed by atoms with Gasteiger partial charge in [0.1, 0.15) is 5.82 Å². The Morgan fingerprint density at radius 1 is 0.905 bits per heavy atom. The van der Waals surface area contributed by atoms with Crippen molar-refractivity contribution in [2.24, 2.45) is 0 Å². The molecule has 0 bridgehead atoms. The second kappa shape index (κ2) is 13.0. The summed E-state index contributed by atoms with van der Waals surface area (Å²) in [4.78, 5) is 30.3. The van der Waals surface area contributed by atoms with Gasteiger partial charge in [-0.25, -0.2) is 4.39 Å². The van der Waals surface area contributed by atoms with Crippen LogP contribution in [0.4, 0.5) is 30.7 Å². The van der Waals surface area contributed by atoms with E-state index in [9.17, 15) is 40.3 Å². The minimum Gasteiger partial charge on any atom is -0.343 e. The van der Waals surface area contributed by atoms with Crippen LogP contribution >= 0.6 is 24.0 Å². The molecule has 2 aliphatic rings. The lowest BCUT2D eigenvalue weighted by Crippen LogP contribution is -2.55. The number of benzene rings is 2. The van der Waals surface area contributed by atoms with Gasteiger partial charge < -0.3 is 9.80 Å². The van der Waals surface area contributed by atoms with E-state index in [4.69, 9.17) is 11.6 Å². The minimum absolute atomic E-state index is 0. The highest BCUT2D eigenvalue weighted by Gasteiger charge is 2.41. The van der Waals surface area contributed by atoms with Crippen molar-refractivity contribution in [1.29, 1.82) is 0 Å². The highest BCUT2D eigenvalue weighted by atomic mass is 35.5. The number of carbonyl (C=O) groups is 2. The van der Waals surface area contributed by atoms with E-state index in [0.717, 1.165) is 12.8 Å². The average Bonchev–Trinajstić information content (AvgIpc) is 2.92. The summed E-state index contributed by atoms with van der Waals surface area (Å²) in [6, 6.07) is 4.47. The van der Waals surface area contributed by atoms with Gasteiger partial charge in [-0.3, -0.25) is 14.5 Å². The van der Waals surface area contributed by atoms with Crippen molar-refractivity contribution in [3.63, 3.8) is 0 Å². The van der Waals surface area contributed by atoms with E-state index >= 15 is 0 Å². The van der Waals surface area contributed by atoms with Gasteiger partial charge in [-0.2, -0.15) is 26.3 Å². The molecular weight excluding hydrogens is 614 g/mol. The number of likely N-dealkylation sites (tertiary alicyclic amines) is 2.